The minimum Gasteiger partial charge on any atom is -0.505 e. The Balaban J connectivity index is 2.51. The van der Waals surface area contributed by atoms with Gasteiger partial charge >= 0.3 is 5.97 Å². The molecule has 2 N–H and O–H groups in total. The van der Waals surface area contributed by atoms with E-state index >= 15 is 0 Å². The molecule has 0 radical (unpaired) electrons. The second-order valence-electron chi connectivity index (χ2n) is 4.00. The predicted octanol–water partition coefficient (Wildman–Crippen LogP) is 3.20. The molecule has 0 atom stereocenters. The van der Waals surface area contributed by atoms with Gasteiger partial charge in [0.15, 0.2) is 11.6 Å². The van der Waals surface area contributed by atoms with E-state index in [1.165, 1.54) is 24.3 Å². The van der Waals surface area contributed by atoms with E-state index in [4.69, 9.17) is 10.2 Å². The van der Waals surface area contributed by atoms with E-state index < -0.39 is 17.5 Å². The summed E-state index contributed by atoms with van der Waals surface area (Å²) in [4.78, 5) is 10.8. The molecule has 0 saturated heterocycles. The van der Waals surface area contributed by atoms with Gasteiger partial charge in [0.05, 0.1) is 5.56 Å². The molecule has 0 spiro atoms. The molecule has 0 bridgehead atoms. The van der Waals surface area contributed by atoms with E-state index in [-0.39, 0.29) is 5.56 Å². The molecule has 2 rings (SSSR count). The van der Waals surface area contributed by atoms with Gasteiger partial charge in [-0.05, 0) is 47.9 Å². The van der Waals surface area contributed by atoms with E-state index in [0.717, 1.165) is 11.1 Å². The number of carboxylic acids is 1. The van der Waals surface area contributed by atoms with Gasteiger partial charge in [-0.25, -0.2) is 9.18 Å². The molecule has 0 heterocycles. The van der Waals surface area contributed by atoms with E-state index in [2.05, 4.69) is 0 Å². The number of carbonyl (C=O) groups is 1. The maximum absolute atomic E-state index is 13.3. The molecule has 0 saturated carbocycles. The average molecular weight is 246 g/mol. The number of aromatic hydroxyl groups is 1. The molecule has 0 fully saturated rings. The normalized spacial score (nSPS) is 10.3. The van der Waals surface area contributed by atoms with Crippen LogP contribution in [0.3, 0.4) is 0 Å². The highest BCUT2D eigenvalue weighted by molar-refractivity contribution is 5.89. The van der Waals surface area contributed by atoms with Crippen molar-refractivity contribution in [2.45, 2.75) is 6.92 Å². The number of aromatic carboxylic acids is 1. The highest BCUT2D eigenvalue weighted by Crippen LogP contribution is 2.27. The molecule has 3 nitrogen and oxygen atoms in total. The first kappa shape index (κ1) is 12.1. The van der Waals surface area contributed by atoms with Crippen molar-refractivity contribution in [1.82, 2.24) is 0 Å². The minimum absolute atomic E-state index is 0.190. The Morgan fingerprint density at radius 2 is 1.89 bits per heavy atom. The molecule has 92 valence electrons. The SMILES string of the molecule is Cc1cc(C(=O)O)ccc1-c1ccc(O)c(F)c1. The molecule has 0 aliphatic carbocycles. The molecule has 0 aromatic heterocycles. The number of halogens is 1. The molecule has 0 aliphatic rings. The summed E-state index contributed by atoms with van der Waals surface area (Å²) in [5.74, 6) is -2.10. The Morgan fingerprint density at radius 3 is 2.44 bits per heavy atom. The third-order valence-electron chi connectivity index (χ3n) is 2.73. The van der Waals surface area contributed by atoms with Crippen molar-refractivity contribution in [3.8, 4) is 16.9 Å². The molecule has 0 unspecified atom stereocenters. The summed E-state index contributed by atoms with van der Waals surface area (Å²) in [6.07, 6.45) is 0. The Labute approximate surface area is 103 Å². The van der Waals surface area contributed by atoms with Crippen LogP contribution in [-0.2, 0) is 0 Å². The molecule has 4 heteroatoms. The lowest BCUT2D eigenvalue weighted by Crippen LogP contribution is -1.97. The number of benzene rings is 2. The zero-order valence-corrected chi connectivity index (χ0v) is 9.64. The highest BCUT2D eigenvalue weighted by atomic mass is 19.1. The number of phenolic OH excluding ortho intramolecular Hbond substituents is 1. The number of phenols is 1. The summed E-state index contributed by atoms with van der Waals surface area (Å²) in [7, 11) is 0. The van der Waals surface area contributed by atoms with E-state index in [1.807, 2.05) is 0 Å². The number of carboxylic acid groups (broad SMARTS) is 1. The van der Waals surface area contributed by atoms with Gasteiger partial charge < -0.3 is 10.2 Å². The van der Waals surface area contributed by atoms with Crippen LogP contribution in [0.15, 0.2) is 36.4 Å². The lowest BCUT2D eigenvalue weighted by atomic mass is 9.98. The van der Waals surface area contributed by atoms with Crippen LogP contribution in [0.25, 0.3) is 11.1 Å². The van der Waals surface area contributed by atoms with Crippen LogP contribution in [0.4, 0.5) is 4.39 Å². The van der Waals surface area contributed by atoms with Crippen LogP contribution in [0, 0.1) is 12.7 Å². The molecule has 2 aromatic carbocycles. The second-order valence-corrected chi connectivity index (χ2v) is 4.00. The predicted molar refractivity (Wildman–Crippen MR) is 65.2 cm³/mol. The van der Waals surface area contributed by atoms with Gasteiger partial charge in [-0.3, -0.25) is 0 Å². The van der Waals surface area contributed by atoms with Crippen molar-refractivity contribution in [2.24, 2.45) is 0 Å². The average Bonchev–Trinajstić information content (AvgIpc) is 2.32. The maximum Gasteiger partial charge on any atom is 0.335 e. The van der Waals surface area contributed by atoms with E-state index in [1.54, 1.807) is 19.1 Å². The Morgan fingerprint density at radius 1 is 1.17 bits per heavy atom. The van der Waals surface area contributed by atoms with Gasteiger partial charge in [-0.15, -0.1) is 0 Å². The molecular weight excluding hydrogens is 235 g/mol. The van der Waals surface area contributed by atoms with Gasteiger partial charge in [0.25, 0.3) is 0 Å². The first-order chi connectivity index (χ1) is 8.49. The summed E-state index contributed by atoms with van der Waals surface area (Å²) in [5.41, 5.74) is 2.26. The lowest BCUT2D eigenvalue weighted by molar-refractivity contribution is 0.0697. The third kappa shape index (κ3) is 2.18. The summed E-state index contributed by atoms with van der Waals surface area (Å²) in [5, 5.41) is 18.0. The number of hydrogen-bond acceptors (Lipinski definition) is 2. The fourth-order valence-corrected chi connectivity index (χ4v) is 1.80. The number of aryl methyl sites for hydroxylation is 1. The van der Waals surface area contributed by atoms with Crippen molar-refractivity contribution in [2.75, 3.05) is 0 Å². The summed E-state index contributed by atoms with van der Waals surface area (Å²) in [6.45, 7) is 1.76. The Hall–Kier alpha value is -2.36. The smallest absolute Gasteiger partial charge is 0.335 e. The number of rotatable bonds is 2. The molecule has 0 amide bonds. The largest absolute Gasteiger partial charge is 0.505 e. The van der Waals surface area contributed by atoms with Crippen molar-refractivity contribution >= 4 is 5.97 Å². The molecule has 18 heavy (non-hydrogen) atoms. The van der Waals surface area contributed by atoms with Gasteiger partial charge in [0.1, 0.15) is 0 Å². The van der Waals surface area contributed by atoms with Crippen LogP contribution < -0.4 is 0 Å². The van der Waals surface area contributed by atoms with E-state index in [9.17, 15) is 9.18 Å². The zero-order valence-electron chi connectivity index (χ0n) is 9.64. The fourth-order valence-electron chi connectivity index (χ4n) is 1.80. The van der Waals surface area contributed by atoms with Gasteiger partial charge in [-0.2, -0.15) is 0 Å². The maximum atomic E-state index is 13.3. The quantitative estimate of drug-likeness (QED) is 0.855. The highest BCUT2D eigenvalue weighted by Gasteiger charge is 2.09. The first-order valence-corrected chi connectivity index (χ1v) is 5.32. The fraction of sp³-hybridized carbons (Fsp3) is 0.0714. The minimum atomic E-state index is -0.999. The van der Waals surface area contributed by atoms with Crippen molar-refractivity contribution in [3.63, 3.8) is 0 Å². The van der Waals surface area contributed by atoms with Crippen LogP contribution in [-0.4, -0.2) is 16.2 Å². The summed E-state index contributed by atoms with van der Waals surface area (Å²) >= 11 is 0. The van der Waals surface area contributed by atoms with Gasteiger partial charge in [-0.1, -0.05) is 12.1 Å². The molecular formula is C14H11FO3. The van der Waals surface area contributed by atoms with Crippen LogP contribution in [0.1, 0.15) is 15.9 Å². The van der Waals surface area contributed by atoms with Gasteiger partial charge in [0, 0.05) is 0 Å². The Bertz CT molecular complexity index is 620. The van der Waals surface area contributed by atoms with Crippen LogP contribution >= 0.6 is 0 Å². The molecule has 2 aromatic rings. The van der Waals surface area contributed by atoms with Crippen molar-refractivity contribution in [3.05, 3.63) is 53.3 Å². The number of hydrogen-bond donors (Lipinski definition) is 2. The topological polar surface area (TPSA) is 57.5 Å². The summed E-state index contributed by atoms with van der Waals surface area (Å²) in [6, 6.07) is 8.71. The Kier molecular flexibility index (Phi) is 3.02. The third-order valence-corrected chi connectivity index (χ3v) is 2.73. The van der Waals surface area contributed by atoms with Crippen LogP contribution in [0.5, 0.6) is 5.75 Å². The standard InChI is InChI=1S/C14H11FO3/c1-8-6-10(14(17)18)2-4-11(8)9-3-5-13(16)12(15)7-9/h2-7,16H,1H3,(H,17,18). The van der Waals surface area contributed by atoms with E-state index in [0.29, 0.717) is 5.56 Å². The second kappa shape index (κ2) is 4.49. The lowest BCUT2D eigenvalue weighted by Gasteiger charge is -2.08. The van der Waals surface area contributed by atoms with Crippen LogP contribution in [0.2, 0.25) is 0 Å². The summed E-state index contributed by atoms with van der Waals surface area (Å²) < 4.78 is 13.3. The van der Waals surface area contributed by atoms with Crippen molar-refractivity contribution < 1.29 is 19.4 Å². The first-order valence-electron chi connectivity index (χ1n) is 5.32. The molecule has 0 aliphatic heterocycles. The monoisotopic (exact) mass is 246 g/mol. The van der Waals surface area contributed by atoms with Crippen molar-refractivity contribution in [1.29, 1.82) is 0 Å². The van der Waals surface area contributed by atoms with Gasteiger partial charge in [0.2, 0.25) is 0 Å². The zero-order chi connectivity index (χ0) is 13.3.